The second-order valence-electron chi connectivity index (χ2n) is 7.37. The molecule has 0 spiro atoms. The molecule has 0 heterocycles. The number of carbonyl (C=O) groups is 1. The molecule has 2 aromatic rings. The Kier molecular flexibility index (Phi) is 6.76. The molecule has 29 heavy (non-hydrogen) atoms. The van der Waals surface area contributed by atoms with E-state index in [0.29, 0.717) is 0 Å². The standard InChI is InChI=1S/C21H24Cl2N2O3S/c1-14(16-11-10-15-6-3-4-7-17(15)12-16)24-20(26)13-25(29(2,27)28)19-9-5-8-18(22)21(19)23/h5,8-12,14H,3-4,6-7,13H2,1-2H3,(H,24,26). The van der Waals surface area contributed by atoms with Gasteiger partial charge >= 0.3 is 0 Å². The number of halogens is 2. The van der Waals surface area contributed by atoms with Crippen molar-refractivity contribution in [2.24, 2.45) is 0 Å². The summed E-state index contributed by atoms with van der Waals surface area (Å²) in [7, 11) is -3.74. The average molecular weight is 455 g/mol. The Morgan fingerprint density at radius 2 is 1.83 bits per heavy atom. The first-order valence-electron chi connectivity index (χ1n) is 9.49. The number of aryl methyl sites for hydroxylation is 2. The van der Waals surface area contributed by atoms with E-state index in [1.165, 1.54) is 30.0 Å². The summed E-state index contributed by atoms with van der Waals surface area (Å²) in [5.41, 5.74) is 3.89. The maximum absolute atomic E-state index is 12.6. The van der Waals surface area contributed by atoms with Gasteiger partial charge in [-0.05, 0) is 61.4 Å². The molecule has 0 radical (unpaired) electrons. The Labute approximate surface area is 182 Å². The van der Waals surface area contributed by atoms with Crippen LogP contribution in [-0.2, 0) is 27.7 Å². The van der Waals surface area contributed by atoms with Crippen molar-refractivity contribution in [1.82, 2.24) is 5.32 Å². The molecule has 1 atom stereocenters. The number of nitrogens with zero attached hydrogens (tertiary/aromatic N) is 1. The Morgan fingerprint density at radius 1 is 1.14 bits per heavy atom. The third-order valence-electron chi connectivity index (χ3n) is 5.14. The van der Waals surface area contributed by atoms with Gasteiger partial charge in [-0.2, -0.15) is 0 Å². The van der Waals surface area contributed by atoms with Gasteiger partial charge in [-0.15, -0.1) is 0 Å². The lowest BCUT2D eigenvalue weighted by molar-refractivity contribution is -0.120. The fraction of sp³-hybridized carbons (Fsp3) is 0.381. The molecular weight excluding hydrogens is 431 g/mol. The minimum atomic E-state index is -3.74. The van der Waals surface area contributed by atoms with Crippen LogP contribution < -0.4 is 9.62 Å². The van der Waals surface area contributed by atoms with Crippen LogP contribution in [0.15, 0.2) is 36.4 Å². The largest absolute Gasteiger partial charge is 0.348 e. The SMILES string of the molecule is CC(NC(=O)CN(c1cccc(Cl)c1Cl)S(C)(=O)=O)c1ccc2c(c1)CCCC2. The van der Waals surface area contributed by atoms with Gasteiger partial charge in [0, 0.05) is 0 Å². The number of nitrogens with one attached hydrogen (secondary N) is 1. The highest BCUT2D eigenvalue weighted by Gasteiger charge is 2.25. The zero-order valence-electron chi connectivity index (χ0n) is 16.4. The van der Waals surface area contributed by atoms with Gasteiger partial charge in [0.25, 0.3) is 0 Å². The second-order valence-corrected chi connectivity index (χ2v) is 10.1. The zero-order valence-corrected chi connectivity index (χ0v) is 18.7. The van der Waals surface area contributed by atoms with Crippen LogP contribution in [0, 0.1) is 0 Å². The summed E-state index contributed by atoms with van der Waals surface area (Å²) in [5.74, 6) is -0.420. The monoisotopic (exact) mass is 454 g/mol. The van der Waals surface area contributed by atoms with Gasteiger partial charge in [-0.1, -0.05) is 47.5 Å². The van der Waals surface area contributed by atoms with E-state index in [9.17, 15) is 13.2 Å². The van der Waals surface area contributed by atoms with Crippen LogP contribution in [-0.4, -0.2) is 27.1 Å². The Bertz CT molecular complexity index is 1020. The maximum Gasteiger partial charge on any atom is 0.241 e. The first kappa shape index (κ1) is 21.9. The zero-order chi connectivity index (χ0) is 21.2. The van der Waals surface area contributed by atoms with Crippen molar-refractivity contribution in [2.75, 3.05) is 17.1 Å². The number of carbonyl (C=O) groups excluding carboxylic acids is 1. The second kappa shape index (κ2) is 8.94. The lowest BCUT2D eigenvalue weighted by atomic mass is 9.89. The Morgan fingerprint density at radius 3 is 2.52 bits per heavy atom. The predicted octanol–water partition coefficient (Wildman–Crippen LogP) is 4.52. The molecule has 1 N–H and O–H groups in total. The number of amides is 1. The van der Waals surface area contributed by atoms with Gasteiger partial charge in [0.2, 0.25) is 15.9 Å². The number of benzene rings is 2. The highest BCUT2D eigenvalue weighted by Crippen LogP contribution is 2.33. The fourth-order valence-electron chi connectivity index (χ4n) is 3.59. The van der Waals surface area contributed by atoms with E-state index in [-0.39, 0.29) is 28.3 Å². The first-order valence-corrected chi connectivity index (χ1v) is 12.1. The van der Waals surface area contributed by atoms with Crippen LogP contribution in [0.1, 0.15) is 42.5 Å². The minimum absolute atomic E-state index is 0.0927. The number of hydrogen-bond donors (Lipinski definition) is 1. The van der Waals surface area contributed by atoms with Crippen molar-refractivity contribution in [3.05, 3.63) is 63.1 Å². The molecule has 0 fully saturated rings. The molecule has 1 aliphatic rings. The lowest BCUT2D eigenvalue weighted by Gasteiger charge is -2.25. The van der Waals surface area contributed by atoms with Crippen LogP contribution >= 0.6 is 23.2 Å². The van der Waals surface area contributed by atoms with Gasteiger partial charge in [0.05, 0.1) is 28.0 Å². The van der Waals surface area contributed by atoms with Crippen LogP contribution in [0.3, 0.4) is 0 Å². The fourth-order valence-corrected chi connectivity index (χ4v) is 4.90. The molecule has 3 rings (SSSR count). The third-order valence-corrected chi connectivity index (χ3v) is 7.07. The van der Waals surface area contributed by atoms with Gasteiger partial charge in [0.1, 0.15) is 6.54 Å². The van der Waals surface area contributed by atoms with Crippen LogP contribution in [0.5, 0.6) is 0 Å². The Hall–Kier alpha value is -1.76. The molecule has 8 heteroatoms. The van der Waals surface area contributed by atoms with E-state index in [1.807, 2.05) is 13.0 Å². The number of hydrogen-bond acceptors (Lipinski definition) is 3. The summed E-state index contributed by atoms with van der Waals surface area (Å²) in [6.07, 6.45) is 5.58. The molecule has 0 aliphatic heterocycles. The molecule has 156 valence electrons. The summed E-state index contributed by atoms with van der Waals surface area (Å²) in [5, 5.41) is 3.20. The predicted molar refractivity (Wildman–Crippen MR) is 118 cm³/mol. The minimum Gasteiger partial charge on any atom is -0.348 e. The van der Waals surface area contributed by atoms with E-state index in [1.54, 1.807) is 12.1 Å². The van der Waals surface area contributed by atoms with E-state index < -0.39 is 15.9 Å². The lowest BCUT2D eigenvalue weighted by Crippen LogP contribution is -2.41. The summed E-state index contributed by atoms with van der Waals surface area (Å²) in [6.45, 7) is 1.51. The van der Waals surface area contributed by atoms with E-state index in [2.05, 4.69) is 17.4 Å². The topological polar surface area (TPSA) is 66.5 Å². The van der Waals surface area contributed by atoms with Gasteiger partial charge < -0.3 is 5.32 Å². The van der Waals surface area contributed by atoms with Crippen LogP contribution in [0.25, 0.3) is 0 Å². The van der Waals surface area contributed by atoms with Crippen molar-refractivity contribution in [1.29, 1.82) is 0 Å². The first-order chi connectivity index (χ1) is 13.7. The Balaban J connectivity index is 1.76. The van der Waals surface area contributed by atoms with Crippen molar-refractivity contribution < 1.29 is 13.2 Å². The summed E-state index contributed by atoms with van der Waals surface area (Å²) in [6, 6.07) is 10.7. The number of rotatable bonds is 6. The summed E-state index contributed by atoms with van der Waals surface area (Å²) < 4.78 is 25.6. The smallest absolute Gasteiger partial charge is 0.241 e. The molecule has 0 aromatic heterocycles. The van der Waals surface area contributed by atoms with E-state index in [4.69, 9.17) is 23.2 Å². The van der Waals surface area contributed by atoms with Crippen molar-refractivity contribution in [3.63, 3.8) is 0 Å². The van der Waals surface area contributed by atoms with Crippen molar-refractivity contribution >= 4 is 44.8 Å². The quantitative estimate of drug-likeness (QED) is 0.697. The highest BCUT2D eigenvalue weighted by atomic mass is 35.5. The highest BCUT2D eigenvalue weighted by molar-refractivity contribution is 7.92. The number of anilines is 1. The third kappa shape index (κ3) is 5.24. The average Bonchev–Trinajstić information content (AvgIpc) is 2.67. The van der Waals surface area contributed by atoms with Gasteiger partial charge in [-0.3, -0.25) is 9.10 Å². The van der Waals surface area contributed by atoms with Crippen molar-refractivity contribution in [2.45, 2.75) is 38.6 Å². The molecule has 1 aliphatic carbocycles. The van der Waals surface area contributed by atoms with Gasteiger partial charge in [-0.25, -0.2) is 8.42 Å². The molecule has 0 saturated carbocycles. The molecule has 1 amide bonds. The van der Waals surface area contributed by atoms with Crippen LogP contribution in [0.2, 0.25) is 10.0 Å². The molecule has 1 unspecified atom stereocenters. The summed E-state index contributed by atoms with van der Waals surface area (Å²) in [4.78, 5) is 12.6. The number of fused-ring (bicyclic) bond motifs is 1. The maximum atomic E-state index is 12.6. The molecule has 0 bridgehead atoms. The van der Waals surface area contributed by atoms with Crippen molar-refractivity contribution in [3.8, 4) is 0 Å². The van der Waals surface area contributed by atoms with Crippen LogP contribution in [0.4, 0.5) is 5.69 Å². The molecule has 0 saturated heterocycles. The van der Waals surface area contributed by atoms with Gasteiger partial charge in [0.15, 0.2) is 0 Å². The normalized spacial score (nSPS) is 14.8. The van der Waals surface area contributed by atoms with E-state index >= 15 is 0 Å². The number of sulfonamides is 1. The summed E-state index contributed by atoms with van der Waals surface area (Å²) >= 11 is 12.2. The molecular formula is C21H24Cl2N2O3S. The molecule has 5 nitrogen and oxygen atoms in total. The van der Waals surface area contributed by atoms with E-state index in [0.717, 1.165) is 29.0 Å². The molecule has 2 aromatic carbocycles.